The molecular weight excluding hydrogens is 328 g/mol. The Morgan fingerprint density at radius 1 is 1.04 bits per heavy atom. The Balaban J connectivity index is 1.68. The van der Waals surface area contributed by atoms with E-state index < -0.39 is 0 Å². The van der Waals surface area contributed by atoms with Gasteiger partial charge in [-0.3, -0.25) is 4.79 Å². The number of aryl methyl sites for hydroxylation is 1. The van der Waals surface area contributed by atoms with Gasteiger partial charge in [-0.15, -0.1) is 11.3 Å². The molecule has 4 rings (SSSR count). The summed E-state index contributed by atoms with van der Waals surface area (Å²) in [6.07, 6.45) is 0. The number of hydrogen-bond donors (Lipinski definition) is 1. The Morgan fingerprint density at radius 2 is 1.80 bits per heavy atom. The van der Waals surface area contributed by atoms with Crippen molar-refractivity contribution in [2.24, 2.45) is 0 Å². The molecule has 0 spiro atoms. The minimum atomic E-state index is -0.0804. The molecule has 0 saturated carbocycles. The van der Waals surface area contributed by atoms with Crippen LogP contribution in [-0.4, -0.2) is 10.5 Å². The maximum Gasteiger partial charge on any atom is 0.272 e. The van der Waals surface area contributed by atoms with Gasteiger partial charge in [0.1, 0.15) is 5.69 Å². The molecule has 0 fully saturated rings. The molecule has 0 aliphatic heterocycles. The molecule has 124 valence electrons. The lowest BCUT2D eigenvalue weighted by Gasteiger charge is -2.11. The number of aromatic nitrogens is 1. The number of carbonyl (C=O) groups is 1. The zero-order valence-corrected chi connectivity index (χ0v) is 14.7. The van der Waals surface area contributed by atoms with Crippen LogP contribution in [0, 0.1) is 6.92 Å². The van der Waals surface area contributed by atoms with E-state index >= 15 is 0 Å². The number of amides is 1. The van der Waals surface area contributed by atoms with Crippen LogP contribution in [0.1, 0.15) is 21.6 Å². The number of fused-ring (bicyclic) bond motifs is 1. The lowest BCUT2D eigenvalue weighted by Crippen LogP contribution is -2.17. The molecule has 4 aromatic rings. The molecule has 1 amide bonds. The molecule has 4 heteroatoms. The van der Waals surface area contributed by atoms with Gasteiger partial charge in [-0.25, -0.2) is 0 Å². The average Bonchev–Trinajstić information content (AvgIpc) is 3.21. The van der Waals surface area contributed by atoms with E-state index in [4.69, 9.17) is 0 Å². The summed E-state index contributed by atoms with van der Waals surface area (Å²) in [5.41, 5.74) is 4.95. The smallest absolute Gasteiger partial charge is 0.272 e. The first kappa shape index (κ1) is 15.7. The minimum Gasteiger partial charge on any atom is -0.331 e. The molecule has 2 heterocycles. The second-order valence-corrected chi connectivity index (χ2v) is 7.04. The molecule has 2 aromatic heterocycles. The molecule has 25 heavy (non-hydrogen) atoms. The van der Waals surface area contributed by atoms with E-state index in [2.05, 4.69) is 33.5 Å². The number of nitrogens with one attached hydrogen (secondary N) is 1. The zero-order chi connectivity index (χ0) is 17.2. The topological polar surface area (TPSA) is 34.0 Å². The first-order valence-electron chi connectivity index (χ1n) is 8.19. The molecule has 0 aliphatic carbocycles. The van der Waals surface area contributed by atoms with Crippen LogP contribution in [0.15, 0.2) is 72.1 Å². The third kappa shape index (κ3) is 3.21. The van der Waals surface area contributed by atoms with Crippen molar-refractivity contribution in [2.75, 3.05) is 5.32 Å². The number of carbonyl (C=O) groups excluding carboxylic acids is 1. The summed E-state index contributed by atoms with van der Waals surface area (Å²) in [6.45, 7) is 2.71. The number of benzene rings is 2. The van der Waals surface area contributed by atoms with Crippen molar-refractivity contribution < 1.29 is 4.79 Å². The van der Waals surface area contributed by atoms with Gasteiger partial charge in [0, 0.05) is 12.2 Å². The number of rotatable bonds is 4. The Kier molecular flexibility index (Phi) is 4.12. The van der Waals surface area contributed by atoms with Crippen LogP contribution in [0.2, 0.25) is 0 Å². The summed E-state index contributed by atoms with van der Waals surface area (Å²) in [4.78, 5) is 12.9. The SMILES string of the molecule is Cc1ccc(NC(=O)c2cc3sccc3n2Cc2ccccc2)cc1. The predicted octanol–water partition coefficient (Wildman–Crippen LogP) is 5.31. The van der Waals surface area contributed by atoms with E-state index in [9.17, 15) is 4.79 Å². The van der Waals surface area contributed by atoms with Crippen LogP contribution >= 0.6 is 11.3 Å². The summed E-state index contributed by atoms with van der Waals surface area (Å²) in [6, 6.07) is 22.1. The molecule has 0 atom stereocenters. The fourth-order valence-corrected chi connectivity index (χ4v) is 3.76. The first-order valence-corrected chi connectivity index (χ1v) is 9.07. The zero-order valence-electron chi connectivity index (χ0n) is 13.9. The van der Waals surface area contributed by atoms with Gasteiger partial charge in [0.25, 0.3) is 5.91 Å². The van der Waals surface area contributed by atoms with Gasteiger partial charge in [-0.2, -0.15) is 0 Å². The summed E-state index contributed by atoms with van der Waals surface area (Å²) in [5.74, 6) is -0.0804. The summed E-state index contributed by atoms with van der Waals surface area (Å²) < 4.78 is 3.22. The number of thiophene rings is 1. The van der Waals surface area contributed by atoms with Gasteiger partial charge in [0.05, 0.1) is 10.2 Å². The Labute approximate surface area is 150 Å². The maximum absolute atomic E-state index is 12.9. The van der Waals surface area contributed by atoms with Crippen molar-refractivity contribution in [3.05, 3.63) is 88.9 Å². The van der Waals surface area contributed by atoms with Gasteiger partial charge in [-0.05, 0) is 42.1 Å². The highest BCUT2D eigenvalue weighted by Gasteiger charge is 2.17. The lowest BCUT2D eigenvalue weighted by atomic mass is 10.2. The van der Waals surface area contributed by atoms with Gasteiger partial charge in [0.15, 0.2) is 0 Å². The summed E-state index contributed by atoms with van der Waals surface area (Å²) in [7, 11) is 0. The fraction of sp³-hybridized carbons (Fsp3) is 0.0952. The predicted molar refractivity (Wildman–Crippen MR) is 104 cm³/mol. The molecule has 0 radical (unpaired) electrons. The van der Waals surface area contributed by atoms with Crippen molar-refractivity contribution in [2.45, 2.75) is 13.5 Å². The van der Waals surface area contributed by atoms with Gasteiger partial charge in [-0.1, -0.05) is 48.0 Å². The first-order chi connectivity index (χ1) is 12.2. The molecule has 3 nitrogen and oxygen atoms in total. The highest BCUT2D eigenvalue weighted by molar-refractivity contribution is 7.17. The van der Waals surface area contributed by atoms with Crippen LogP contribution in [-0.2, 0) is 6.54 Å². The van der Waals surface area contributed by atoms with Crippen LogP contribution in [0.3, 0.4) is 0 Å². The van der Waals surface area contributed by atoms with E-state index in [1.807, 2.05) is 55.5 Å². The van der Waals surface area contributed by atoms with Crippen molar-refractivity contribution in [3.8, 4) is 0 Å². The van der Waals surface area contributed by atoms with Gasteiger partial charge >= 0.3 is 0 Å². The largest absolute Gasteiger partial charge is 0.331 e. The number of nitrogens with zero attached hydrogens (tertiary/aromatic N) is 1. The molecule has 1 N–H and O–H groups in total. The van der Waals surface area contributed by atoms with Gasteiger partial charge < -0.3 is 9.88 Å². The van der Waals surface area contributed by atoms with Crippen molar-refractivity contribution in [1.29, 1.82) is 0 Å². The molecular formula is C21H18N2OS. The van der Waals surface area contributed by atoms with Crippen molar-refractivity contribution in [1.82, 2.24) is 4.57 Å². The monoisotopic (exact) mass is 346 g/mol. The third-order valence-corrected chi connectivity index (χ3v) is 5.10. The molecule has 0 unspecified atom stereocenters. The lowest BCUT2D eigenvalue weighted by molar-refractivity contribution is 0.101. The van der Waals surface area contributed by atoms with E-state index in [0.29, 0.717) is 12.2 Å². The quantitative estimate of drug-likeness (QED) is 0.534. The molecule has 2 aromatic carbocycles. The van der Waals surface area contributed by atoms with Crippen LogP contribution in [0.4, 0.5) is 5.69 Å². The van der Waals surface area contributed by atoms with E-state index in [-0.39, 0.29) is 5.91 Å². The highest BCUT2D eigenvalue weighted by Crippen LogP contribution is 2.27. The molecule has 0 saturated heterocycles. The minimum absolute atomic E-state index is 0.0804. The highest BCUT2D eigenvalue weighted by atomic mass is 32.1. The van der Waals surface area contributed by atoms with Crippen molar-refractivity contribution >= 4 is 33.1 Å². The molecule has 0 bridgehead atoms. The average molecular weight is 346 g/mol. The van der Waals surface area contributed by atoms with Gasteiger partial charge in [0.2, 0.25) is 0 Å². The Hall–Kier alpha value is -2.85. The third-order valence-electron chi connectivity index (χ3n) is 4.25. The standard InChI is InChI=1S/C21H18N2OS/c1-15-7-9-17(10-8-15)22-21(24)19-13-20-18(11-12-25-20)23(19)14-16-5-3-2-4-6-16/h2-13H,14H2,1H3,(H,22,24). The summed E-state index contributed by atoms with van der Waals surface area (Å²) in [5, 5.41) is 5.07. The normalized spacial score (nSPS) is 10.9. The van der Waals surface area contributed by atoms with E-state index in [1.54, 1.807) is 11.3 Å². The van der Waals surface area contributed by atoms with Crippen LogP contribution in [0.25, 0.3) is 10.2 Å². The van der Waals surface area contributed by atoms with E-state index in [0.717, 1.165) is 15.9 Å². The van der Waals surface area contributed by atoms with Crippen molar-refractivity contribution in [3.63, 3.8) is 0 Å². The summed E-state index contributed by atoms with van der Waals surface area (Å²) >= 11 is 1.66. The number of hydrogen-bond acceptors (Lipinski definition) is 2. The maximum atomic E-state index is 12.9. The van der Waals surface area contributed by atoms with Crippen LogP contribution in [0.5, 0.6) is 0 Å². The Morgan fingerprint density at radius 3 is 2.56 bits per heavy atom. The Bertz CT molecular complexity index is 1010. The molecule has 0 aliphatic rings. The second-order valence-electron chi connectivity index (χ2n) is 6.09. The fourth-order valence-electron chi connectivity index (χ4n) is 2.93. The second kappa shape index (κ2) is 6.57. The van der Waals surface area contributed by atoms with Crippen LogP contribution < -0.4 is 5.32 Å². The van der Waals surface area contributed by atoms with E-state index in [1.165, 1.54) is 11.1 Å². The number of anilines is 1.